The molecule has 2 aromatic rings. The van der Waals surface area contributed by atoms with Crippen LogP contribution in [0.4, 0.5) is 10.5 Å². The van der Waals surface area contributed by atoms with E-state index in [0.717, 1.165) is 0 Å². The predicted molar refractivity (Wildman–Crippen MR) is 79.3 cm³/mol. The van der Waals surface area contributed by atoms with Gasteiger partial charge in [0, 0.05) is 11.8 Å². The van der Waals surface area contributed by atoms with E-state index in [0.29, 0.717) is 28.3 Å². The van der Waals surface area contributed by atoms with Crippen molar-refractivity contribution in [3.05, 3.63) is 41.0 Å². The van der Waals surface area contributed by atoms with Crippen molar-refractivity contribution in [3.8, 4) is 0 Å². The number of nitrogen functional groups attached to an aromatic ring is 1. The van der Waals surface area contributed by atoms with Gasteiger partial charge in [-0.15, -0.1) is 0 Å². The zero-order valence-corrected chi connectivity index (χ0v) is 12.6. The van der Waals surface area contributed by atoms with Crippen LogP contribution in [0.25, 0.3) is 0 Å². The third kappa shape index (κ3) is 3.05. The van der Waals surface area contributed by atoms with Crippen molar-refractivity contribution < 1.29 is 14.3 Å². The number of aryl methyl sites for hydroxylation is 1. The van der Waals surface area contributed by atoms with E-state index in [1.807, 2.05) is 0 Å². The smallest absolute Gasteiger partial charge is 0.407 e. The van der Waals surface area contributed by atoms with Gasteiger partial charge in [0.05, 0.1) is 36.4 Å². The number of anilines is 1. The largest absolute Gasteiger partial charge is 0.453 e. The van der Waals surface area contributed by atoms with E-state index in [1.54, 1.807) is 26.0 Å². The van der Waals surface area contributed by atoms with Crippen LogP contribution in [0.15, 0.2) is 18.3 Å². The first-order chi connectivity index (χ1) is 10.4. The number of amides is 1. The van der Waals surface area contributed by atoms with Gasteiger partial charge >= 0.3 is 6.09 Å². The SMILES string of the molecule is COC(=O)NCc1cc(C(=O)n2nc(C)c(N)c2C)ccn1. The van der Waals surface area contributed by atoms with Crippen LogP contribution in [0.5, 0.6) is 0 Å². The molecule has 0 saturated heterocycles. The van der Waals surface area contributed by atoms with Gasteiger partial charge in [-0.25, -0.2) is 4.79 Å². The normalized spacial score (nSPS) is 10.3. The minimum absolute atomic E-state index is 0.160. The lowest BCUT2D eigenvalue weighted by molar-refractivity contribution is 0.0942. The lowest BCUT2D eigenvalue weighted by Crippen LogP contribution is -2.23. The molecule has 8 nitrogen and oxygen atoms in total. The van der Waals surface area contributed by atoms with E-state index < -0.39 is 6.09 Å². The standard InChI is InChI=1S/C14H17N5O3/c1-8-12(15)9(2)19(18-8)13(20)10-4-5-16-11(6-10)7-17-14(21)22-3/h4-6H,7,15H2,1-3H3,(H,17,21). The molecule has 2 aromatic heterocycles. The highest BCUT2D eigenvalue weighted by molar-refractivity contribution is 5.96. The predicted octanol–water partition coefficient (Wildman–Crippen LogP) is 1.02. The average molecular weight is 303 g/mol. The molecule has 0 aliphatic rings. The van der Waals surface area contributed by atoms with Crippen molar-refractivity contribution in [3.63, 3.8) is 0 Å². The number of nitrogens with one attached hydrogen (secondary N) is 1. The molecule has 0 saturated carbocycles. The maximum atomic E-state index is 12.5. The molecule has 0 aliphatic carbocycles. The third-order valence-corrected chi connectivity index (χ3v) is 3.20. The van der Waals surface area contributed by atoms with Crippen LogP contribution in [0.1, 0.15) is 27.4 Å². The number of carbonyl (C=O) groups is 2. The summed E-state index contributed by atoms with van der Waals surface area (Å²) < 4.78 is 5.74. The zero-order valence-electron chi connectivity index (χ0n) is 12.6. The Bertz CT molecular complexity index is 723. The molecule has 0 spiro atoms. The fraction of sp³-hybridized carbons (Fsp3) is 0.286. The highest BCUT2D eigenvalue weighted by atomic mass is 16.5. The van der Waals surface area contributed by atoms with Crippen LogP contribution in [0.2, 0.25) is 0 Å². The monoisotopic (exact) mass is 303 g/mol. The number of pyridine rings is 1. The lowest BCUT2D eigenvalue weighted by atomic mass is 10.2. The lowest BCUT2D eigenvalue weighted by Gasteiger charge is -2.06. The number of hydrogen-bond acceptors (Lipinski definition) is 6. The zero-order chi connectivity index (χ0) is 16.3. The molecule has 0 radical (unpaired) electrons. The average Bonchev–Trinajstić information content (AvgIpc) is 2.79. The first-order valence-electron chi connectivity index (χ1n) is 6.57. The topological polar surface area (TPSA) is 112 Å². The Labute approximate surface area is 127 Å². The second-order valence-corrected chi connectivity index (χ2v) is 4.68. The minimum Gasteiger partial charge on any atom is -0.453 e. The Morgan fingerprint density at radius 3 is 2.73 bits per heavy atom. The van der Waals surface area contributed by atoms with E-state index >= 15 is 0 Å². The van der Waals surface area contributed by atoms with Gasteiger partial charge in [-0.3, -0.25) is 9.78 Å². The Kier molecular flexibility index (Phi) is 4.40. The molecule has 0 atom stereocenters. The van der Waals surface area contributed by atoms with E-state index in [9.17, 15) is 9.59 Å². The van der Waals surface area contributed by atoms with Crippen LogP contribution in [0.3, 0.4) is 0 Å². The van der Waals surface area contributed by atoms with Crippen molar-refractivity contribution in [2.45, 2.75) is 20.4 Å². The van der Waals surface area contributed by atoms with Crippen molar-refractivity contribution in [2.75, 3.05) is 12.8 Å². The number of carbonyl (C=O) groups excluding carboxylic acids is 2. The highest BCUT2D eigenvalue weighted by Gasteiger charge is 2.16. The van der Waals surface area contributed by atoms with Gasteiger partial charge < -0.3 is 15.8 Å². The third-order valence-electron chi connectivity index (χ3n) is 3.20. The molecule has 116 valence electrons. The summed E-state index contributed by atoms with van der Waals surface area (Å²) in [6.07, 6.45) is 0.932. The van der Waals surface area contributed by atoms with Crippen LogP contribution in [-0.4, -0.2) is 33.9 Å². The minimum atomic E-state index is -0.565. The number of nitrogens with two attached hydrogens (primary N) is 1. The van der Waals surface area contributed by atoms with Crippen LogP contribution in [-0.2, 0) is 11.3 Å². The van der Waals surface area contributed by atoms with Gasteiger partial charge in [0.2, 0.25) is 0 Å². The Morgan fingerprint density at radius 1 is 1.41 bits per heavy atom. The molecule has 0 fully saturated rings. The van der Waals surface area contributed by atoms with Gasteiger partial charge in [0.25, 0.3) is 5.91 Å². The molecule has 8 heteroatoms. The summed E-state index contributed by atoms with van der Waals surface area (Å²) in [4.78, 5) is 27.6. The first kappa shape index (κ1) is 15.5. The van der Waals surface area contributed by atoms with E-state index in [-0.39, 0.29) is 12.5 Å². The van der Waals surface area contributed by atoms with Crippen molar-refractivity contribution >= 4 is 17.7 Å². The van der Waals surface area contributed by atoms with Gasteiger partial charge in [0.1, 0.15) is 0 Å². The van der Waals surface area contributed by atoms with Crippen LogP contribution >= 0.6 is 0 Å². The van der Waals surface area contributed by atoms with E-state index in [1.165, 1.54) is 18.0 Å². The number of nitrogens with zero attached hydrogens (tertiary/aromatic N) is 3. The maximum Gasteiger partial charge on any atom is 0.407 e. The molecular formula is C14H17N5O3. The summed E-state index contributed by atoms with van der Waals surface area (Å²) in [6, 6.07) is 3.17. The fourth-order valence-electron chi connectivity index (χ4n) is 1.92. The number of aromatic nitrogens is 3. The van der Waals surface area contributed by atoms with Crippen molar-refractivity contribution in [1.82, 2.24) is 20.1 Å². The number of alkyl carbamates (subject to hydrolysis) is 1. The molecule has 2 heterocycles. The number of ether oxygens (including phenoxy) is 1. The van der Waals surface area contributed by atoms with Gasteiger partial charge in [0.15, 0.2) is 0 Å². The first-order valence-corrected chi connectivity index (χ1v) is 6.57. The maximum absolute atomic E-state index is 12.5. The molecule has 1 amide bonds. The molecule has 3 N–H and O–H groups in total. The number of hydrogen-bond donors (Lipinski definition) is 2. The molecular weight excluding hydrogens is 286 g/mol. The van der Waals surface area contributed by atoms with Crippen molar-refractivity contribution in [1.29, 1.82) is 0 Å². The summed E-state index contributed by atoms with van der Waals surface area (Å²) in [5.74, 6) is -0.306. The van der Waals surface area contributed by atoms with Gasteiger partial charge in [-0.2, -0.15) is 9.78 Å². The fourth-order valence-corrected chi connectivity index (χ4v) is 1.92. The second kappa shape index (κ2) is 6.25. The van der Waals surface area contributed by atoms with Gasteiger partial charge in [-0.1, -0.05) is 0 Å². The summed E-state index contributed by atoms with van der Waals surface area (Å²) in [6.45, 7) is 3.63. The summed E-state index contributed by atoms with van der Waals surface area (Å²) >= 11 is 0. The Balaban J connectivity index is 2.23. The summed E-state index contributed by atoms with van der Waals surface area (Å²) in [7, 11) is 1.27. The highest BCUT2D eigenvalue weighted by Crippen LogP contribution is 2.16. The Morgan fingerprint density at radius 2 is 2.14 bits per heavy atom. The molecule has 0 unspecified atom stereocenters. The molecule has 0 aromatic carbocycles. The van der Waals surface area contributed by atoms with E-state index in [4.69, 9.17) is 5.73 Å². The number of methoxy groups -OCH3 is 1. The van der Waals surface area contributed by atoms with Crippen molar-refractivity contribution in [2.24, 2.45) is 0 Å². The summed E-state index contributed by atoms with van der Waals surface area (Å²) in [5.41, 5.74) is 8.46. The van der Waals surface area contributed by atoms with Crippen LogP contribution < -0.4 is 11.1 Å². The molecule has 22 heavy (non-hydrogen) atoms. The van der Waals surface area contributed by atoms with Gasteiger partial charge in [-0.05, 0) is 26.0 Å². The quantitative estimate of drug-likeness (QED) is 0.875. The molecule has 0 aliphatic heterocycles. The Hall–Kier alpha value is -2.90. The van der Waals surface area contributed by atoms with Crippen LogP contribution in [0, 0.1) is 13.8 Å². The van der Waals surface area contributed by atoms with E-state index in [2.05, 4.69) is 20.1 Å². The second-order valence-electron chi connectivity index (χ2n) is 4.68. The molecule has 2 rings (SSSR count). The number of rotatable bonds is 3. The summed E-state index contributed by atoms with van der Waals surface area (Å²) in [5, 5.41) is 6.64. The molecule has 0 bridgehead atoms.